The van der Waals surface area contributed by atoms with Gasteiger partial charge in [-0.25, -0.2) is 9.18 Å². The van der Waals surface area contributed by atoms with Crippen LogP contribution in [0.25, 0.3) is 0 Å². The summed E-state index contributed by atoms with van der Waals surface area (Å²) in [5, 5.41) is 2.62. The molecule has 1 atom stereocenters. The fourth-order valence-corrected chi connectivity index (χ4v) is 2.40. The normalized spacial score (nSPS) is 17.4. The third kappa shape index (κ3) is 2.37. The second kappa shape index (κ2) is 5.33. The molecule has 1 heterocycles. The molecule has 0 aliphatic carbocycles. The first-order chi connectivity index (χ1) is 9.75. The molecule has 1 aliphatic heterocycles. The number of anilines is 1. The van der Waals surface area contributed by atoms with Gasteiger partial charge in [-0.3, -0.25) is 0 Å². The third-order valence-corrected chi connectivity index (χ3v) is 3.58. The molecule has 1 unspecified atom stereocenters. The zero-order valence-corrected chi connectivity index (χ0v) is 10.9. The van der Waals surface area contributed by atoms with Crippen LogP contribution in [0.5, 0.6) is 0 Å². The number of para-hydroxylation sites is 1. The van der Waals surface area contributed by atoms with E-state index in [1.54, 1.807) is 23.1 Å². The van der Waals surface area contributed by atoms with Crippen molar-refractivity contribution < 1.29 is 9.18 Å². The quantitative estimate of drug-likeness (QED) is 0.884. The number of hydrogen-bond acceptors (Lipinski definition) is 1. The van der Waals surface area contributed by atoms with Crippen molar-refractivity contribution in [2.45, 2.75) is 12.5 Å². The molecule has 0 radical (unpaired) electrons. The van der Waals surface area contributed by atoms with E-state index in [9.17, 15) is 9.18 Å². The highest BCUT2D eigenvalue weighted by Crippen LogP contribution is 2.33. The van der Waals surface area contributed by atoms with Crippen LogP contribution in [0.1, 0.15) is 18.0 Å². The standard InChI is InChI=1S/C16H15FN2O/c17-13-8-4-5-9-14(13)18-16(20)19-11-10-15(19)12-6-2-1-3-7-12/h1-9,15H,10-11H2,(H,18,20). The Hall–Kier alpha value is -2.36. The van der Waals surface area contributed by atoms with Crippen molar-refractivity contribution in [3.8, 4) is 0 Å². The first kappa shape index (κ1) is 12.7. The maximum Gasteiger partial charge on any atom is 0.322 e. The maximum atomic E-state index is 13.5. The minimum absolute atomic E-state index is 0.0861. The Balaban J connectivity index is 1.71. The van der Waals surface area contributed by atoms with E-state index < -0.39 is 5.82 Å². The highest BCUT2D eigenvalue weighted by Gasteiger charge is 2.33. The molecule has 2 amide bonds. The molecule has 20 heavy (non-hydrogen) atoms. The molecule has 1 fully saturated rings. The summed E-state index contributed by atoms with van der Waals surface area (Å²) in [6, 6.07) is 15.9. The summed E-state index contributed by atoms with van der Waals surface area (Å²) in [6.07, 6.45) is 0.939. The summed E-state index contributed by atoms with van der Waals surface area (Å²) in [4.78, 5) is 13.9. The number of carbonyl (C=O) groups is 1. The lowest BCUT2D eigenvalue weighted by Crippen LogP contribution is -2.47. The molecule has 3 rings (SSSR count). The molecule has 1 N–H and O–H groups in total. The molecule has 2 aromatic carbocycles. The van der Waals surface area contributed by atoms with Crippen molar-refractivity contribution in [1.29, 1.82) is 0 Å². The molecule has 4 heteroatoms. The fraction of sp³-hybridized carbons (Fsp3) is 0.188. The smallest absolute Gasteiger partial charge is 0.317 e. The second-order valence-corrected chi connectivity index (χ2v) is 4.82. The number of carbonyl (C=O) groups excluding carboxylic acids is 1. The number of rotatable bonds is 2. The van der Waals surface area contributed by atoms with Crippen molar-refractivity contribution in [2.24, 2.45) is 0 Å². The summed E-state index contributed by atoms with van der Waals surface area (Å²) < 4.78 is 13.5. The lowest BCUT2D eigenvalue weighted by Gasteiger charge is -2.41. The van der Waals surface area contributed by atoms with E-state index in [0.29, 0.717) is 6.54 Å². The van der Waals surface area contributed by atoms with E-state index in [1.807, 2.05) is 30.3 Å². The second-order valence-electron chi connectivity index (χ2n) is 4.82. The lowest BCUT2D eigenvalue weighted by molar-refractivity contribution is 0.126. The van der Waals surface area contributed by atoms with E-state index in [2.05, 4.69) is 5.32 Å². The van der Waals surface area contributed by atoms with Gasteiger partial charge in [0.1, 0.15) is 5.82 Å². The number of benzene rings is 2. The SMILES string of the molecule is O=C(Nc1ccccc1F)N1CCC1c1ccccc1. The van der Waals surface area contributed by atoms with Crippen LogP contribution in [0.3, 0.4) is 0 Å². The van der Waals surface area contributed by atoms with Gasteiger partial charge in [-0.1, -0.05) is 42.5 Å². The van der Waals surface area contributed by atoms with E-state index in [-0.39, 0.29) is 17.8 Å². The molecular formula is C16H15FN2O. The molecule has 0 spiro atoms. The average Bonchev–Trinajstić information content (AvgIpc) is 2.41. The van der Waals surface area contributed by atoms with Gasteiger partial charge in [-0.15, -0.1) is 0 Å². The van der Waals surface area contributed by atoms with Crippen molar-refractivity contribution >= 4 is 11.7 Å². The molecule has 3 nitrogen and oxygen atoms in total. The van der Waals surface area contributed by atoms with Gasteiger partial charge in [0.25, 0.3) is 0 Å². The molecule has 102 valence electrons. The van der Waals surface area contributed by atoms with Gasteiger partial charge >= 0.3 is 6.03 Å². The Labute approximate surface area is 117 Å². The van der Waals surface area contributed by atoms with Gasteiger partial charge in [0.15, 0.2) is 0 Å². The van der Waals surface area contributed by atoms with Crippen LogP contribution >= 0.6 is 0 Å². The average molecular weight is 270 g/mol. The highest BCUT2D eigenvalue weighted by molar-refractivity contribution is 5.90. The maximum absolute atomic E-state index is 13.5. The Morgan fingerprint density at radius 3 is 2.45 bits per heavy atom. The lowest BCUT2D eigenvalue weighted by atomic mass is 9.95. The molecule has 2 aromatic rings. The van der Waals surface area contributed by atoms with Crippen LogP contribution in [0, 0.1) is 5.82 Å². The van der Waals surface area contributed by atoms with Crippen LogP contribution in [0.15, 0.2) is 54.6 Å². The monoisotopic (exact) mass is 270 g/mol. The summed E-state index contributed by atoms with van der Waals surface area (Å²) in [7, 11) is 0. The van der Waals surface area contributed by atoms with Crippen molar-refractivity contribution in [3.63, 3.8) is 0 Å². The van der Waals surface area contributed by atoms with E-state index in [1.165, 1.54) is 6.07 Å². The highest BCUT2D eigenvalue weighted by atomic mass is 19.1. The number of nitrogens with zero attached hydrogens (tertiary/aromatic N) is 1. The van der Waals surface area contributed by atoms with Crippen molar-refractivity contribution in [3.05, 3.63) is 66.0 Å². The Morgan fingerprint density at radius 1 is 1.10 bits per heavy atom. The first-order valence-electron chi connectivity index (χ1n) is 6.63. The largest absolute Gasteiger partial charge is 0.322 e. The van der Waals surface area contributed by atoms with Crippen LogP contribution < -0.4 is 5.32 Å². The predicted molar refractivity (Wildman–Crippen MR) is 75.9 cm³/mol. The van der Waals surface area contributed by atoms with Crippen LogP contribution in [0.2, 0.25) is 0 Å². The molecule has 0 aromatic heterocycles. The van der Waals surface area contributed by atoms with Gasteiger partial charge < -0.3 is 10.2 Å². The summed E-state index contributed by atoms with van der Waals surface area (Å²) in [6.45, 7) is 0.694. The van der Waals surface area contributed by atoms with Crippen molar-refractivity contribution in [1.82, 2.24) is 4.90 Å². The molecule has 0 bridgehead atoms. The number of urea groups is 1. The predicted octanol–water partition coefficient (Wildman–Crippen LogP) is 3.80. The summed E-state index contributed by atoms with van der Waals surface area (Å²) >= 11 is 0. The van der Waals surface area contributed by atoms with Crippen LogP contribution in [-0.4, -0.2) is 17.5 Å². The molecular weight excluding hydrogens is 255 g/mol. The van der Waals surface area contributed by atoms with E-state index in [0.717, 1.165) is 12.0 Å². The van der Waals surface area contributed by atoms with Crippen LogP contribution in [-0.2, 0) is 0 Å². The molecule has 1 aliphatic rings. The zero-order chi connectivity index (χ0) is 13.9. The first-order valence-corrected chi connectivity index (χ1v) is 6.63. The summed E-state index contributed by atoms with van der Waals surface area (Å²) in [5.74, 6) is -0.419. The van der Waals surface area contributed by atoms with Gasteiger partial charge in [0.2, 0.25) is 0 Å². The number of likely N-dealkylation sites (tertiary alicyclic amines) is 1. The number of nitrogens with one attached hydrogen (secondary N) is 1. The van der Waals surface area contributed by atoms with Crippen LogP contribution in [0.4, 0.5) is 14.9 Å². The third-order valence-electron chi connectivity index (χ3n) is 3.58. The Morgan fingerprint density at radius 2 is 1.80 bits per heavy atom. The number of hydrogen-bond donors (Lipinski definition) is 1. The number of halogens is 1. The molecule has 0 saturated carbocycles. The topological polar surface area (TPSA) is 32.3 Å². The van der Waals surface area contributed by atoms with Gasteiger partial charge in [-0.2, -0.15) is 0 Å². The van der Waals surface area contributed by atoms with E-state index >= 15 is 0 Å². The zero-order valence-electron chi connectivity index (χ0n) is 10.9. The minimum atomic E-state index is -0.419. The molecule has 1 saturated heterocycles. The fourth-order valence-electron chi connectivity index (χ4n) is 2.40. The minimum Gasteiger partial charge on any atom is -0.317 e. The van der Waals surface area contributed by atoms with Gasteiger partial charge in [-0.05, 0) is 24.1 Å². The summed E-state index contributed by atoms with van der Waals surface area (Å²) in [5.41, 5.74) is 1.33. The van der Waals surface area contributed by atoms with Crippen molar-refractivity contribution in [2.75, 3.05) is 11.9 Å². The Bertz CT molecular complexity index is 615. The Kier molecular flexibility index (Phi) is 3.37. The number of amides is 2. The van der Waals surface area contributed by atoms with E-state index in [4.69, 9.17) is 0 Å². The van der Waals surface area contributed by atoms with Gasteiger partial charge in [0, 0.05) is 6.54 Å². The van der Waals surface area contributed by atoms with Gasteiger partial charge in [0.05, 0.1) is 11.7 Å².